The van der Waals surface area contributed by atoms with Crippen LogP contribution in [-0.4, -0.2) is 17.0 Å². The fourth-order valence-corrected chi connectivity index (χ4v) is 2.73. The first-order chi connectivity index (χ1) is 12.6. The SMILES string of the molecule is COc1cc(-c2cccnc2Cl)c([N+](=O)[O-])cc1OCc1ccccc1. The van der Waals surface area contributed by atoms with Gasteiger partial charge in [0.1, 0.15) is 11.8 Å². The van der Waals surface area contributed by atoms with Crippen molar-refractivity contribution < 1.29 is 14.4 Å². The average molecular weight is 371 g/mol. The molecular weight excluding hydrogens is 356 g/mol. The van der Waals surface area contributed by atoms with Gasteiger partial charge in [-0.1, -0.05) is 41.9 Å². The zero-order valence-electron chi connectivity index (χ0n) is 13.9. The summed E-state index contributed by atoms with van der Waals surface area (Å²) in [6, 6.07) is 15.7. The smallest absolute Gasteiger partial charge is 0.281 e. The van der Waals surface area contributed by atoms with E-state index in [9.17, 15) is 10.1 Å². The molecule has 0 aliphatic rings. The van der Waals surface area contributed by atoms with Gasteiger partial charge in [0.15, 0.2) is 11.5 Å². The fraction of sp³-hybridized carbons (Fsp3) is 0.105. The third-order valence-electron chi connectivity index (χ3n) is 3.77. The number of halogens is 1. The summed E-state index contributed by atoms with van der Waals surface area (Å²) >= 11 is 6.11. The molecule has 0 atom stereocenters. The summed E-state index contributed by atoms with van der Waals surface area (Å²) in [5.74, 6) is 0.660. The lowest BCUT2D eigenvalue weighted by Crippen LogP contribution is -2.00. The topological polar surface area (TPSA) is 74.5 Å². The summed E-state index contributed by atoms with van der Waals surface area (Å²) in [4.78, 5) is 15.1. The molecule has 0 aliphatic heterocycles. The Kier molecular flexibility index (Phi) is 5.34. The predicted octanol–water partition coefficient (Wildman–Crippen LogP) is 4.90. The van der Waals surface area contributed by atoms with Crippen LogP contribution in [0.1, 0.15) is 5.56 Å². The second-order valence-electron chi connectivity index (χ2n) is 5.39. The summed E-state index contributed by atoms with van der Waals surface area (Å²) in [6.45, 7) is 0.265. The van der Waals surface area contributed by atoms with E-state index in [0.717, 1.165) is 5.56 Å². The van der Waals surface area contributed by atoms with Crippen LogP contribution in [0.15, 0.2) is 60.8 Å². The number of ether oxygens (including phenoxy) is 2. The van der Waals surface area contributed by atoms with Gasteiger partial charge >= 0.3 is 0 Å². The molecule has 0 spiro atoms. The van der Waals surface area contributed by atoms with Crippen molar-refractivity contribution in [3.63, 3.8) is 0 Å². The maximum atomic E-state index is 11.6. The Morgan fingerprint density at radius 2 is 1.85 bits per heavy atom. The van der Waals surface area contributed by atoms with Crippen molar-refractivity contribution in [1.82, 2.24) is 4.98 Å². The number of hydrogen-bond donors (Lipinski definition) is 0. The average Bonchev–Trinajstić information content (AvgIpc) is 2.67. The van der Waals surface area contributed by atoms with E-state index in [2.05, 4.69) is 4.98 Å². The van der Waals surface area contributed by atoms with E-state index in [1.54, 1.807) is 18.2 Å². The van der Waals surface area contributed by atoms with E-state index >= 15 is 0 Å². The van der Waals surface area contributed by atoms with Gasteiger partial charge in [0.05, 0.1) is 23.7 Å². The van der Waals surface area contributed by atoms with Gasteiger partial charge < -0.3 is 9.47 Å². The summed E-state index contributed by atoms with van der Waals surface area (Å²) in [5, 5.41) is 11.8. The summed E-state index contributed by atoms with van der Waals surface area (Å²) < 4.78 is 11.1. The van der Waals surface area contributed by atoms with E-state index in [1.165, 1.54) is 19.4 Å². The van der Waals surface area contributed by atoms with Crippen LogP contribution in [-0.2, 0) is 6.61 Å². The normalized spacial score (nSPS) is 10.4. The zero-order valence-corrected chi connectivity index (χ0v) is 14.6. The molecule has 0 aliphatic carbocycles. The van der Waals surface area contributed by atoms with Gasteiger partial charge in [-0.3, -0.25) is 10.1 Å². The van der Waals surface area contributed by atoms with Crippen LogP contribution >= 0.6 is 11.6 Å². The minimum absolute atomic E-state index is 0.135. The first kappa shape index (κ1) is 17.7. The number of benzene rings is 2. The molecule has 0 radical (unpaired) electrons. The molecule has 7 heteroatoms. The van der Waals surface area contributed by atoms with Gasteiger partial charge in [-0.2, -0.15) is 0 Å². The van der Waals surface area contributed by atoms with Gasteiger partial charge in [-0.15, -0.1) is 0 Å². The van der Waals surface area contributed by atoms with Crippen molar-refractivity contribution >= 4 is 17.3 Å². The van der Waals surface area contributed by atoms with Crippen LogP contribution in [0.3, 0.4) is 0 Å². The number of hydrogen-bond acceptors (Lipinski definition) is 5. The van der Waals surface area contributed by atoms with Crippen LogP contribution in [0.2, 0.25) is 5.15 Å². The molecule has 0 saturated heterocycles. The number of pyridine rings is 1. The number of nitro benzene ring substituents is 1. The predicted molar refractivity (Wildman–Crippen MR) is 98.7 cm³/mol. The van der Waals surface area contributed by atoms with Gasteiger partial charge in [-0.05, 0) is 23.8 Å². The van der Waals surface area contributed by atoms with Gasteiger partial charge in [-0.25, -0.2) is 4.98 Å². The lowest BCUT2D eigenvalue weighted by atomic mass is 10.0. The quantitative estimate of drug-likeness (QED) is 0.350. The minimum atomic E-state index is -0.479. The van der Waals surface area contributed by atoms with E-state index in [-0.39, 0.29) is 23.2 Å². The van der Waals surface area contributed by atoms with Crippen molar-refractivity contribution in [3.05, 3.63) is 81.6 Å². The highest BCUT2D eigenvalue weighted by Crippen LogP contribution is 2.41. The Hall–Kier alpha value is -3.12. The number of rotatable bonds is 6. The summed E-state index contributed by atoms with van der Waals surface area (Å²) in [6.07, 6.45) is 1.52. The molecule has 26 heavy (non-hydrogen) atoms. The van der Waals surface area contributed by atoms with Crippen LogP contribution in [0.4, 0.5) is 5.69 Å². The van der Waals surface area contributed by atoms with E-state index < -0.39 is 4.92 Å². The van der Waals surface area contributed by atoms with Crippen molar-refractivity contribution in [1.29, 1.82) is 0 Å². The molecule has 3 aromatic rings. The molecule has 132 valence electrons. The maximum Gasteiger partial charge on any atom is 0.281 e. The Morgan fingerprint density at radius 1 is 1.08 bits per heavy atom. The Bertz CT molecular complexity index is 932. The molecule has 0 fully saturated rings. The summed E-state index contributed by atoms with van der Waals surface area (Å²) in [7, 11) is 1.48. The lowest BCUT2D eigenvalue weighted by molar-refractivity contribution is -0.384. The largest absolute Gasteiger partial charge is 0.493 e. The van der Waals surface area contributed by atoms with Crippen molar-refractivity contribution in [2.75, 3.05) is 7.11 Å². The highest BCUT2D eigenvalue weighted by molar-refractivity contribution is 6.32. The van der Waals surface area contributed by atoms with Gasteiger partial charge in [0, 0.05) is 11.8 Å². The lowest BCUT2D eigenvalue weighted by Gasteiger charge is -2.13. The number of nitro groups is 1. The third-order valence-corrected chi connectivity index (χ3v) is 4.07. The molecule has 3 rings (SSSR count). The second-order valence-corrected chi connectivity index (χ2v) is 5.75. The van der Waals surface area contributed by atoms with Crippen molar-refractivity contribution in [2.24, 2.45) is 0 Å². The number of methoxy groups -OCH3 is 1. The van der Waals surface area contributed by atoms with Crippen molar-refractivity contribution in [2.45, 2.75) is 6.61 Å². The highest BCUT2D eigenvalue weighted by atomic mass is 35.5. The molecule has 2 aromatic carbocycles. The molecule has 0 unspecified atom stereocenters. The maximum absolute atomic E-state index is 11.6. The van der Waals surface area contributed by atoms with Crippen LogP contribution in [0.25, 0.3) is 11.1 Å². The molecular formula is C19H15ClN2O4. The Labute approximate surface area is 155 Å². The molecule has 1 aromatic heterocycles. The monoisotopic (exact) mass is 370 g/mol. The Morgan fingerprint density at radius 3 is 2.50 bits per heavy atom. The second kappa shape index (κ2) is 7.84. The minimum Gasteiger partial charge on any atom is -0.493 e. The standard InChI is InChI=1S/C19H15ClN2O4/c1-25-17-10-15(14-8-5-9-21-19(14)20)16(22(23)24)11-18(17)26-12-13-6-3-2-4-7-13/h2-11H,12H2,1H3. The molecule has 0 amide bonds. The van der Waals surface area contributed by atoms with Crippen LogP contribution in [0.5, 0.6) is 11.5 Å². The van der Waals surface area contributed by atoms with E-state index in [1.807, 2.05) is 30.3 Å². The van der Waals surface area contributed by atoms with Gasteiger partial charge in [0.2, 0.25) is 0 Å². The number of aromatic nitrogens is 1. The Balaban J connectivity index is 2.03. The first-order valence-electron chi connectivity index (χ1n) is 7.74. The molecule has 6 nitrogen and oxygen atoms in total. The number of nitrogens with zero attached hydrogens (tertiary/aromatic N) is 2. The van der Waals surface area contributed by atoms with Crippen LogP contribution < -0.4 is 9.47 Å². The first-order valence-corrected chi connectivity index (χ1v) is 8.12. The third kappa shape index (κ3) is 3.75. The molecule has 0 saturated carbocycles. The molecule has 1 heterocycles. The zero-order chi connectivity index (χ0) is 18.5. The van der Waals surface area contributed by atoms with Crippen LogP contribution in [0, 0.1) is 10.1 Å². The molecule has 0 N–H and O–H groups in total. The summed E-state index contributed by atoms with van der Waals surface area (Å²) in [5.41, 5.74) is 1.58. The van der Waals surface area contributed by atoms with E-state index in [4.69, 9.17) is 21.1 Å². The van der Waals surface area contributed by atoms with E-state index in [0.29, 0.717) is 16.9 Å². The van der Waals surface area contributed by atoms with Crippen molar-refractivity contribution in [3.8, 4) is 22.6 Å². The highest BCUT2D eigenvalue weighted by Gasteiger charge is 2.22. The molecule has 0 bridgehead atoms. The fourth-order valence-electron chi connectivity index (χ4n) is 2.51. The van der Waals surface area contributed by atoms with Gasteiger partial charge in [0.25, 0.3) is 5.69 Å².